The maximum Gasteiger partial charge on any atom is 0.226 e. The number of aryl methyl sites for hydroxylation is 1. The van der Waals surface area contributed by atoms with Gasteiger partial charge in [-0.25, -0.2) is 14.1 Å². The number of thiazole rings is 1. The summed E-state index contributed by atoms with van der Waals surface area (Å²) in [4.78, 5) is 17.0. The van der Waals surface area contributed by atoms with E-state index in [1.165, 1.54) is 12.1 Å². The third-order valence-electron chi connectivity index (χ3n) is 5.08. The van der Waals surface area contributed by atoms with Crippen molar-refractivity contribution >= 4 is 17.2 Å². The van der Waals surface area contributed by atoms with E-state index in [4.69, 9.17) is 0 Å². The summed E-state index contributed by atoms with van der Waals surface area (Å²) >= 11 is 1.55. The number of hydrogen-bond acceptors (Lipinski definition) is 4. The van der Waals surface area contributed by atoms with Crippen LogP contribution < -0.4 is 5.32 Å². The van der Waals surface area contributed by atoms with Crippen molar-refractivity contribution in [1.82, 2.24) is 20.1 Å². The average molecular weight is 399 g/mol. The lowest BCUT2D eigenvalue weighted by atomic mass is 9.74. The largest absolute Gasteiger partial charge is 0.349 e. The van der Waals surface area contributed by atoms with Crippen LogP contribution in [0.3, 0.4) is 0 Å². The molecule has 1 amide bonds. The summed E-state index contributed by atoms with van der Waals surface area (Å²) in [6, 6.07) is 6.31. The molecule has 4 rings (SSSR count). The van der Waals surface area contributed by atoms with Crippen molar-refractivity contribution < 1.29 is 9.18 Å². The van der Waals surface area contributed by atoms with Crippen LogP contribution in [0.15, 0.2) is 35.8 Å². The van der Waals surface area contributed by atoms with Crippen molar-refractivity contribution in [1.29, 1.82) is 0 Å². The second-order valence-electron chi connectivity index (χ2n) is 8.14. The van der Waals surface area contributed by atoms with E-state index in [1.807, 2.05) is 18.4 Å². The van der Waals surface area contributed by atoms with Crippen LogP contribution in [0, 0.1) is 18.2 Å². The second kappa shape index (κ2) is 7.13. The molecule has 2 aromatic heterocycles. The lowest BCUT2D eigenvalue weighted by Crippen LogP contribution is -2.37. The Hall–Kier alpha value is -2.54. The van der Waals surface area contributed by atoms with Crippen molar-refractivity contribution in [3.05, 3.63) is 63.6 Å². The molecule has 7 heteroatoms. The van der Waals surface area contributed by atoms with Gasteiger partial charge in [-0.05, 0) is 43.4 Å². The van der Waals surface area contributed by atoms with E-state index in [0.29, 0.717) is 5.69 Å². The molecule has 2 heterocycles. The lowest BCUT2D eigenvalue weighted by Gasteiger charge is -2.36. The van der Waals surface area contributed by atoms with E-state index >= 15 is 0 Å². The molecular weight excluding hydrogens is 375 g/mol. The zero-order chi connectivity index (χ0) is 19.9. The molecule has 146 valence electrons. The number of amides is 1. The van der Waals surface area contributed by atoms with E-state index < -0.39 is 0 Å². The van der Waals surface area contributed by atoms with Gasteiger partial charge in [-0.3, -0.25) is 4.79 Å². The highest BCUT2D eigenvalue weighted by Gasteiger charge is 2.36. The monoisotopic (exact) mass is 398 g/mol. The van der Waals surface area contributed by atoms with E-state index in [9.17, 15) is 9.18 Å². The number of aromatic nitrogens is 3. The number of rotatable bonds is 4. The van der Waals surface area contributed by atoms with Gasteiger partial charge in [-0.1, -0.05) is 19.9 Å². The van der Waals surface area contributed by atoms with Crippen molar-refractivity contribution in [2.75, 3.05) is 0 Å². The molecule has 0 spiro atoms. The molecule has 1 aliphatic rings. The Morgan fingerprint density at radius 3 is 2.96 bits per heavy atom. The van der Waals surface area contributed by atoms with Gasteiger partial charge < -0.3 is 5.32 Å². The normalized spacial score (nSPS) is 17.9. The van der Waals surface area contributed by atoms with Gasteiger partial charge in [0.05, 0.1) is 40.7 Å². The van der Waals surface area contributed by atoms with E-state index in [0.717, 1.165) is 34.8 Å². The Labute approximate surface area is 167 Å². The first-order chi connectivity index (χ1) is 13.3. The first-order valence-electron chi connectivity index (χ1n) is 9.34. The summed E-state index contributed by atoms with van der Waals surface area (Å²) < 4.78 is 15.5. The number of carbonyl (C=O) groups excluding carboxylic acids is 1. The van der Waals surface area contributed by atoms with Crippen LogP contribution in [-0.2, 0) is 17.6 Å². The molecular formula is C21H23FN4OS. The van der Waals surface area contributed by atoms with Crippen molar-refractivity contribution in [2.24, 2.45) is 5.41 Å². The molecule has 0 radical (unpaired) electrons. The fourth-order valence-electron chi connectivity index (χ4n) is 3.90. The molecule has 1 atom stereocenters. The third-order valence-corrected chi connectivity index (χ3v) is 5.90. The molecule has 28 heavy (non-hydrogen) atoms. The van der Waals surface area contributed by atoms with Crippen LogP contribution >= 0.6 is 11.3 Å². The number of hydrogen-bond donors (Lipinski definition) is 1. The molecule has 0 bridgehead atoms. The number of nitrogens with one attached hydrogen (secondary N) is 1. The van der Waals surface area contributed by atoms with E-state index in [1.54, 1.807) is 28.3 Å². The first kappa shape index (κ1) is 18.8. The van der Waals surface area contributed by atoms with Crippen LogP contribution in [-0.4, -0.2) is 20.7 Å². The van der Waals surface area contributed by atoms with Gasteiger partial charge in [-0.2, -0.15) is 5.10 Å². The molecule has 0 unspecified atom stereocenters. The smallest absolute Gasteiger partial charge is 0.226 e. The second-order valence-corrected chi connectivity index (χ2v) is 9.20. The lowest BCUT2D eigenvalue weighted by molar-refractivity contribution is -0.121. The van der Waals surface area contributed by atoms with Gasteiger partial charge in [0.2, 0.25) is 5.91 Å². The number of fused-ring (bicyclic) bond motifs is 1. The standard InChI is InChI=1S/C21H23FN4OS/c1-13-24-15(12-28-13)8-20(27)25-18-9-21(2,3)10-19-17(18)11-23-26(19)16-6-4-5-14(22)7-16/h4-7,11-12,18H,8-10H2,1-3H3,(H,25,27)/t18-/m0/s1. The highest BCUT2D eigenvalue weighted by molar-refractivity contribution is 7.09. The van der Waals surface area contributed by atoms with Gasteiger partial charge in [0, 0.05) is 10.9 Å². The van der Waals surface area contributed by atoms with Crippen LogP contribution in [0.25, 0.3) is 5.69 Å². The van der Waals surface area contributed by atoms with Gasteiger partial charge in [0.25, 0.3) is 0 Å². The van der Waals surface area contributed by atoms with Crippen molar-refractivity contribution in [3.63, 3.8) is 0 Å². The number of carbonyl (C=O) groups is 1. The average Bonchev–Trinajstić information content (AvgIpc) is 3.20. The van der Waals surface area contributed by atoms with Gasteiger partial charge in [-0.15, -0.1) is 11.3 Å². The molecule has 1 aliphatic carbocycles. The van der Waals surface area contributed by atoms with E-state index in [-0.39, 0.29) is 29.6 Å². The van der Waals surface area contributed by atoms with Crippen LogP contribution in [0.2, 0.25) is 0 Å². The maximum absolute atomic E-state index is 13.7. The summed E-state index contributed by atoms with van der Waals surface area (Å²) in [6.45, 7) is 6.30. The van der Waals surface area contributed by atoms with Crippen LogP contribution in [0.5, 0.6) is 0 Å². The third kappa shape index (κ3) is 3.85. The summed E-state index contributed by atoms with van der Waals surface area (Å²) in [5, 5.41) is 10.6. The van der Waals surface area contributed by atoms with Crippen molar-refractivity contribution in [2.45, 2.75) is 46.1 Å². The molecule has 1 aromatic carbocycles. The topological polar surface area (TPSA) is 59.8 Å². The highest BCUT2D eigenvalue weighted by Crippen LogP contribution is 2.41. The Morgan fingerprint density at radius 2 is 2.25 bits per heavy atom. The molecule has 0 aliphatic heterocycles. The zero-order valence-electron chi connectivity index (χ0n) is 16.2. The number of nitrogens with zero attached hydrogens (tertiary/aromatic N) is 3. The molecule has 0 fully saturated rings. The first-order valence-corrected chi connectivity index (χ1v) is 10.2. The quantitative estimate of drug-likeness (QED) is 0.718. The van der Waals surface area contributed by atoms with Gasteiger partial charge in [0.15, 0.2) is 0 Å². The van der Waals surface area contributed by atoms with Gasteiger partial charge >= 0.3 is 0 Å². The SMILES string of the molecule is Cc1nc(CC(=O)N[C@H]2CC(C)(C)Cc3c2cnn3-c2cccc(F)c2)cs1. The minimum atomic E-state index is -0.291. The predicted octanol–water partition coefficient (Wildman–Crippen LogP) is 4.15. The Morgan fingerprint density at radius 1 is 1.43 bits per heavy atom. The summed E-state index contributed by atoms with van der Waals surface area (Å²) in [5.41, 5.74) is 3.52. The maximum atomic E-state index is 13.7. The number of benzene rings is 1. The Balaban J connectivity index is 1.61. The molecule has 0 saturated carbocycles. The van der Waals surface area contributed by atoms with Crippen LogP contribution in [0.1, 0.15) is 48.3 Å². The Bertz CT molecular complexity index is 1020. The summed E-state index contributed by atoms with van der Waals surface area (Å²) in [7, 11) is 0. The predicted molar refractivity (Wildman–Crippen MR) is 107 cm³/mol. The molecule has 0 saturated heterocycles. The van der Waals surface area contributed by atoms with Gasteiger partial charge in [0.1, 0.15) is 5.82 Å². The zero-order valence-corrected chi connectivity index (χ0v) is 17.0. The Kier molecular flexibility index (Phi) is 4.79. The minimum absolute atomic E-state index is 0.00667. The summed E-state index contributed by atoms with van der Waals surface area (Å²) in [6.07, 6.45) is 3.72. The minimum Gasteiger partial charge on any atom is -0.349 e. The molecule has 1 N–H and O–H groups in total. The van der Waals surface area contributed by atoms with Crippen molar-refractivity contribution in [3.8, 4) is 5.69 Å². The summed E-state index contributed by atoms with van der Waals surface area (Å²) in [5.74, 6) is -0.335. The van der Waals surface area contributed by atoms with E-state index in [2.05, 4.69) is 29.2 Å². The number of halogens is 1. The highest BCUT2D eigenvalue weighted by atomic mass is 32.1. The molecule has 3 aromatic rings. The van der Waals surface area contributed by atoms with Crippen LogP contribution in [0.4, 0.5) is 4.39 Å². The fraction of sp³-hybridized carbons (Fsp3) is 0.381. The molecule has 5 nitrogen and oxygen atoms in total. The fourth-order valence-corrected chi connectivity index (χ4v) is 4.51.